The molecule has 1 aliphatic rings. The van der Waals surface area contributed by atoms with E-state index in [2.05, 4.69) is 0 Å². The van der Waals surface area contributed by atoms with Crippen LogP contribution in [0.3, 0.4) is 0 Å². The topological polar surface area (TPSA) is 97.1 Å². The maximum Gasteiger partial charge on any atom is 0.347 e. The van der Waals surface area contributed by atoms with Crippen molar-refractivity contribution in [2.45, 2.75) is 26.2 Å². The van der Waals surface area contributed by atoms with Gasteiger partial charge in [-0.25, -0.2) is 4.79 Å². The third kappa shape index (κ3) is 3.71. The maximum atomic E-state index is 11.5. The molecule has 2 rings (SSSR count). The minimum Gasteiger partial charge on any atom is -0.472 e. The molecule has 1 aromatic rings. The summed E-state index contributed by atoms with van der Waals surface area (Å²) in [5.41, 5.74) is 0.271. The molecule has 8 nitrogen and oxygen atoms in total. The second-order valence-electron chi connectivity index (χ2n) is 4.57. The zero-order valence-electron chi connectivity index (χ0n) is 12.3. The smallest absolute Gasteiger partial charge is 0.347 e. The predicted molar refractivity (Wildman–Crippen MR) is 74.5 cm³/mol. The number of esters is 1. The number of nitrogens with zero attached hydrogens (tertiary/aromatic N) is 1. The number of nitro groups is 1. The van der Waals surface area contributed by atoms with Crippen LogP contribution in [0.1, 0.15) is 25.7 Å². The van der Waals surface area contributed by atoms with Crippen LogP contribution in [0.5, 0.6) is 5.75 Å². The van der Waals surface area contributed by atoms with E-state index in [1.165, 1.54) is 19.1 Å². The second-order valence-corrected chi connectivity index (χ2v) is 4.57. The lowest BCUT2D eigenvalue weighted by atomic mass is 10.2. The van der Waals surface area contributed by atoms with Crippen LogP contribution in [0, 0.1) is 10.1 Å². The fourth-order valence-corrected chi connectivity index (χ4v) is 1.97. The van der Waals surface area contributed by atoms with Gasteiger partial charge in [-0.05, 0) is 26.0 Å². The number of ether oxygens (including phenoxy) is 4. The molecule has 0 bridgehead atoms. The fourth-order valence-electron chi connectivity index (χ4n) is 1.97. The van der Waals surface area contributed by atoms with Gasteiger partial charge in [0.15, 0.2) is 18.1 Å². The van der Waals surface area contributed by atoms with Crippen molar-refractivity contribution in [2.24, 2.45) is 0 Å². The first-order chi connectivity index (χ1) is 10.5. The summed E-state index contributed by atoms with van der Waals surface area (Å²) in [6, 6.07) is 4.35. The Hall–Kier alpha value is -2.19. The number of hydrogen-bond acceptors (Lipinski definition) is 7. The van der Waals surface area contributed by atoms with Gasteiger partial charge in [-0.3, -0.25) is 10.1 Å². The highest BCUT2D eigenvalue weighted by atomic mass is 16.7. The average molecular weight is 311 g/mol. The Kier molecular flexibility index (Phi) is 5.29. The summed E-state index contributed by atoms with van der Waals surface area (Å²) in [4.78, 5) is 22.2. The Bertz CT molecular complexity index is 554. The number of carbonyl (C=O) groups is 1. The molecule has 0 aromatic heterocycles. The first kappa shape index (κ1) is 16.2. The molecule has 0 saturated carbocycles. The van der Waals surface area contributed by atoms with E-state index in [1.807, 2.05) is 0 Å². The summed E-state index contributed by atoms with van der Waals surface area (Å²) in [5.74, 6) is -0.587. The Morgan fingerprint density at radius 1 is 1.45 bits per heavy atom. The van der Waals surface area contributed by atoms with Crippen LogP contribution in [0.2, 0.25) is 0 Å². The lowest BCUT2D eigenvalue weighted by Gasteiger charge is -2.15. The SMILES string of the molecule is CCOC(=O)C(C)Oc1ccc(C2OCCO2)cc1[N+](=O)[O-]. The monoisotopic (exact) mass is 311 g/mol. The van der Waals surface area contributed by atoms with Gasteiger partial charge >= 0.3 is 11.7 Å². The van der Waals surface area contributed by atoms with Crippen molar-refractivity contribution in [3.8, 4) is 5.75 Å². The van der Waals surface area contributed by atoms with E-state index >= 15 is 0 Å². The molecule has 0 radical (unpaired) electrons. The van der Waals surface area contributed by atoms with Crippen molar-refractivity contribution >= 4 is 11.7 Å². The van der Waals surface area contributed by atoms with Crippen molar-refractivity contribution in [2.75, 3.05) is 19.8 Å². The van der Waals surface area contributed by atoms with Gasteiger partial charge in [0, 0.05) is 11.6 Å². The van der Waals surface area contributed by atoms with Gasteiger partial charge < -0.3 is 18.9 Å². The zero-order valence-corrected chi connectivity index (χ0v) is 12.3. The van der Waals surface area contributed by atoms with Crippen LogP contribution in [0.15, 0.2) is 18.2 Å². The van der Waals surface area contributed by atoms with E-state index in [1.54, 1.807) is 13.0 Å². The average Bonchev–Trinajstić information content (AvgIpc) is 3.01. The number of carbonyl (C=O) groups excluding carboxylic acids is 1. The third-order valence-corrected chi connectivity index (χ3v) is 3.00. The number of rotatable bonds is 6. The highest BCUT2D eigenvalue weighted by Gasteiger charge is 2.26. The molecule has 0 amide bonds. The molecule has 1 heterocycles. The summed E-state index contributed by atoms with van der Waals surface area (Å²) < 4.78 is 20.8. The summed E-state index contributed by atoms with van der Waals surface area (Å²) in [5, 5.41) is 11.2. The summed E-state index contributed by atoms with van der Waals surface area (Å²) in [6.07, 6.45) is -1.56. The largest absolute Gasteiger partial charge is 0.472 e. The lowest BCUT2D eigenvalue weighted by Crippen LogP contribution is -2.26. The summed E-state index contributed by atoms with van der Waals surface area (Å²) in [7, 11) is 0. The van der Waals surface area contributed by atoms with Crippen molar-refractivity contribution in [1.82, 2.24) is 0 Å². The summed E-state index contributed by atoms with van der Waals surface area (Å²) >= 11 is 0. The zero-order chi connectivity index (χ0) is 16.1. The van der Waals surface area contributed by atoms with Crippen molar-refractivity contribution in [1.29, 1.82) is 0 Å². The van der Waals surface area contributed by atoms with Crippen LogP contribution in [0.25, 0.3) is 0 Å². The molecule has 1 atom stereocenters. The molecule has 0 N–H and O–H groups in total. The highest BCUT2D eigenvalue weighted by molar-refractivity contribution is 5.74. The predicted octanol–water partition coefficient (Wildman–Crippen LogP) is 1.97. The number of nitro benzene ring substituents is 1. The third-order valence-electron chi connectivity index (χ3n) is 3.00. The van der Waals surface area contributed by atoms with Gasteiger partial charge in [-0.1, -0.05) is 0 Å². The number of hydrogen-bond donors (Lipinski definition) is 0. The first-order valence-corrected chi connectivity index (χ1v) is 6.87. The molecular formula is C14H17NO7. The first-order valence-electron chi connectivity index (χ1n) is 6.87. The summed E-state index contributed by atoms with van der Waals surface area (Å²) in [6.45, 7) is 4.24. The maximum absolute atomic E-state index is 11.5. The van der Waals surface area contributed by atoms with Crippen LogP contribution in [-0.2, 0) is 19.0 Å². The van der Waals surface area contributed by atoms with Gasteiger partial charge in [0.1, 0.15) is 0 Å². The van der Waals surface area contributed by atoms with Crippen LogP contribution >= 0.6 is 0 Å². The van der Waals surface area contributed by atoms with Crippen LogP contribution in [-0.4, -0.2) is 36.8 Å². The lowest BCUT2D eigenvalue weighted by molar-refractivity contribution is -0.386. The molecule has 0 aliphatic carbocycles. The minimum absolute atomic E-state index is 0.00713. The van der Waals surface area contributed by atoms with Crippen molar-refractivity contribution in [3.63, 3.8) is 0 Å². The molecule has 1 aliphatic heterocycles. The van der Waals surface area contributed by atoms with E-state index in [-0.39, 0.29) is 18.0 Å². The van der Waals surface area contributed by atoms with E-state index in [0.29, 0.717) is 18.8 Å². The van der Waals surface area contributed by atoms with Gasteiger partial charge in [-0.2, -0.15) is 0 Å². The van der Waals surface area contributed by atoms with E-state index in [0.717, 1.165) is 0 Å². The van der Waals surface area contributed by atoms with Crippen molar-refractivity contribution < 1.29 is 28.7 Å². The molecule has 22 heavy (non-hydrogen) atoms. The second kappa shape index (κ2) is 7.19. The van der Waals surface area contributed by atoms with E-state index in [9.17, 15) is 14.9 Å². The van der Waals surface area contributed by atoms with Crippen LogP contribution in [0.4, 0.5) is 5.69 Å². The Morgan fingerprint density at radius 2 is 2.14 bits per heavy atom. The fraction of sp³-hybridized carbons (Fsp3) is 0.500. The van der Waals surface area contributed by atoms with Gasteiger partial charge in [0.2, 0.25) is 0 Å². The van der Waals surface area contributed by atoms with E-state index < -0.39 is 23.3 Å². The van der Waals surface area contributed by atoms with Crippen LogP contribution < -0.4 is 4.74 Å². The number of benzene rings is 1. The Morgan fingerprint density at radius 3 is 2.73 bits per heavy atom. The van der Waals surface area contributed by atoms with Gasteiger partial charge in [-0.15, -0.1) is 0 Å². The standard InChI is InChI=1S/C14H17NO7/c1-3-19-13(16)9(2)22-12-5-4-10(8-11(12)15(17)18)14-20-6-7-21-14/h4-5,8-9,14H,3,6-7H2,1-2H3. The molecule has 1 unspecified atom stereocenters. The highest BCUT2D eigenvalue weighted by Crippen LogP contribution is 2.33. The van der Waals surface area contributed by atoms with E-state index in [4.69, 9.17) is 18.9 Å². The Balaban J connectivity index is 2.19. The Labute approximate surface area is 127 Å². The molecule has 1 saturated heterocycles. The molecule has 0 spiro atoms. The van der Waals surface area contributed by atoms with Gasteiger partial charge in [0.25, 0.3) is 0 Å². The van der Waals surface area contributed by atoms with Crippen molar-refractivity contribution in [3.05, 3.63) is 33.9 Å². The quantitative estimate of drug-likeness (QED) is 0.450. The normalized spacial score (nSPS) is 16.3. The molecule has 120 valence electrons. The molecule has 1 aromatic carbocycles. The minimum atomic E-state index is -0.941. The molecule has 1 fully saturated rings. The molecule has 8 heteroatoms. The van der Waals surface area contributed by atoms with Gasteiger partial charge in [0.05, 0.1) is 24.7 Å². The molecular weight excluding hydrogens is 294 g/mol.